The number of thiophene rings is 1. The smallest absolute Gasteiger partial charge is 0.228 e. The molecule has 0 spiro atoms. The lowest BCUT2D eigenvalue weighted by atomic mass is 10.1. The van der Waals surface area contributed by atoms with E-state index in [1.807, 2.05) is 11.8 Å². The lowest BCUT2D eigenvalue weighted by Gasteiger charge is -2.27. The lowest BCUT2D eigenvalue weighted by molar-refractivity contribution is -0.136. The first-order valence-corrected chi connectivity index (χ1v) is 8.70. The van der Waals surface area contributed by atoms with E-state index in [0.717, 1.165) is 32.4 Å². The maximum absolute atomic E-state index is 12.8. The van der Waals surface area contributed by atoms with Crippen molar-refractivity contribution in [3.05, 3.63) is 22.4 Å². The van der Waals surface area contributed by atoms with Crippen LogP contribution >= 0.6 is 11.3 Å². The van der Waals surface area contributed by atoms with Gasteiger partial charge in [0.2, 0.25) is 11.8 Å². The van der Waals surface area contributed by atoms with Gasteiger partial charge < -0.3 is 9.80 Å². The van der Waals surface area contributed by atoms with Crippen LogP contribution in [-0.2, 0) is 9.59 Å². The van der Waals surface area contributed by atoms with Crippen LogP contribution < -0.4 is 0 Å². The van der Waals surface area contributed by atoms with Crippen molar-refractivity contribution in [2.45, 2.75) is 38.6 Å². The molecule has 21 heavy (non-hydrogen) atoms. The zero-order valence-corrected chi connectivity index (χ0v) is 13.3. The number of carbonyl (C=O) groups is 2. The lowest BCUT2D eigenvalue weighted by Crippen LogP contribution is -2.37. The Morgan fingerprint density at radius 2 is 2.19 bits per heavy atom. The first kappa shape index (κ1) is 14.6. The van der Waals surface area contributed by atoms with Crippen molar-refractivity contribution in [3.63, 3.8) is 0 Å². The van der Waals surface area contributed by atoms with E-state index in [1.165, 1.54) is 4.88 Å². The summed E-state index contributed by atoms with van der Waals surface area (Å²) < 4.78 is 0. The molecule has 2 aliphatic rings. The van der Waals surface area contributed by atoms with Gasteiger partial charge in [0.15, 0.2) is 0 Å². The normalized spacial score (nSPS) is 25.6. The molecule has 0 N–H and O–H groups in total. The second-order valence-corrected chi connectivity index (χ2v) is 6.86. The second kappa shape index (κ2) is 6.18. The van der Waals surface area contributed by atoms with Gasteiger partial charge in [-0.2, -0.15) is 0 Å². The van der Waals surface area contributed by atoms with Crippen molar-refractivity contribution < 1.29 is 9.59 Å². The molecule has 2 aliphatic heterocycles. The maximum Gasteiger partial charge on any atom is 0.228 e. The maximum atomic E-state index is 12.8. The highest BCUT2D eigenvalue weighted by Crippen LogP contribution is 2.36. The topological polar surface area (TPSA) is 40.6 Å². The molecule has 2 unspecified atom stereocenters. The van der Waals surface area contributed by atoms with E-state index in [1.54, 1.807) is 11.3 Å². The summed E-state index contributed by atoms with van der Waals surface area (Å²) in [6.07, 6.45) is 3.50. The summed E-state index contributed by atoms with van der Waals surface area (Å²) >= 11 is 1.73. The Morgan fingerprint density at radius 1 is 1.33 bits per heavy atom. The van der Waals surface area contributed by atoms with Gasteiger partial charge in [-0.25, -0.2) is 0 Å². The zero-order chi connectivity index (χ0) is 14.8. The second-order valence-electron chi connectivity index (χ2n) is 5.88. The van der Waals surface area contributed by atoms with Crippen molar-refractivity contribution in [3.8, 4) is 0 Å². The molecule has 3 rings (SSSR count). The van der Waals surface area contributed by atoms with Crippen LogP contribution in [0.4, 0.5) is 0 Å². The molecule has 0 aliphatic carbocycles. The predicted octanol–water partition coefficient (Wildman–Crippen LogP) is 2.67. The largest absolute Gasteiger partial charge is 0.342 e. The Hall–Kier alpha value is -1.36. The standard InChI is InChI=1S/C16H22N2O2S/c1-2-15(19)17-9-7-12(11-17)16(20)18-8-3-5-13(18)14-6-4-10-21-14/h4,6,10,12-13H,2-3,5,7-9,11H2,1H3. The molecule has 114 valence electrons. The molecule has 3 heterocycles. The molecule has 1 aromatic rings. The van der Waals surface area contributed by atoms with Crippen molar-refractivity contribution >= 4 is 23.2 Å². The summed E-state index contributed by atoms with van der Waals surface area (Å²) in [5.74, 6) is 0.417. The average Bonchev–Trinajstić information content (AvgIpc) is 3.25. The summed E-state index contributed by atoms with van der Waals surface area (Å²) in [4.78, 5) is 29.7. The molecule has 2 saturated heterocycles. The van der Waals surface area contributed by atoms with Gasteiger partial charge in [0.05, 0.1) is 12.0 Å². The van der Waals surface area contributed by atoms with Crippen molar-refractivity contribution in [2.24, 2.45) is 5.92 Å². The first-order valence-electron chi connectivity index (χ1n) is 7.82. The van der Waals surface area contributed by atoms with Crippen LogP contribution in [0.15, 0.2) is 17.5 Å². The highest BCUT2D eigenvalue weighted by Gasteiger charge is 2.38. The fraction of sp³-hybridized carbons (Fsp3) is 0.625. The number of amides is 2. The van der Waals surface area contributed by atoms with E-state index < -0.39 is 0 Å². The number of rotatable bonds is 3. The number of carbonyl (C=O) groups excluding carboxylic acids is 2. The third-order valence-electron chi connectivity index (χ3n) is 4.60. The number of hydrogen-bond donors (Lipinski definition) is 0. The Kier molecular flexibility index (Phi) is 4.29. The minimum atomic E-state index is 0.000984. The fourth-order valence-corrected chi connectivity index (χ4v) is 4.33. The summed E-state index contributed by atoms with van der Waals surface area (Å²) in [6.45, 7) is 4.09. The summed E-state index contributed by atoms with van der Waals surface area (Å²) in [5, 5.41) is 2.08. The van der Waals surface area contributed by atoms with E-state index in [0.29, 0.717) is 13.0 Å². The molecule has 4 nitrogen and oxygen atoms in total. The van der Waals surface area contributed by atoms with E-state index in [-0.39, 0.29) is 23.8 Å². The van der Waals surface area contributed by atoms with Crippen molar-refractivity contribution in [1.29, 1.82) is 0 Å². The van der Waals surface area contributed by atoms with E-state index in [4.69, 9.17) is 0 Å². The Bertz CT molecular complexity index is 514. The molecule has 0 saturated carbocycles. The SMILES string of the molecule is CCC(=O)N1CCC(C(=O)N2CCCC2c2cccs2)C1. The predicted molar refractivity (Wildman–Crippen MR) is 83.0 cm³/mol. The van der Waals surface area contributed by atoms with Gasteiger partial charge in [-0.05, 0) is 30.7 Å². The average molecular weight is 306 g/mol. The minimum Gasteiger partial charge on any atom is -0.342 e. The first-order chi connectivity index (χ1) is 10.2. The number of likely N-dealkylation sites (tertiary alicyclic amines) is 2. The third kappa shape index (κ3) is 2.84. The molecule has 5 heteroatoms. The van der Waals surface area contributed by atoms with Crippen LogP contribution in [0.2, 0.25) is 0 Å². The molecule has 0 radical (unpaired) electrons. The number of hydrogen-bond acceptors (Lipinski definition) is 3. The van der Waals surface area contributed by atoms with Crippen LogP contribution in [0.5, 0.6) is 0 Å². The van der Waals surface area contributed by atoms with Gasteiger partial charge in [0, 0.05) is 30.9 Å². The van der Waals surface area contributed by atoms with Gasteiger partial charge in [0.25, 0.3) is 0 Å². The van der Waals surface area contributed by atoms with E-state index in [2.05, 4.69) is 22.4 Å². The van der Waals surface area contributed by atoms with E-state index in [9.17, 15) is 9.59 Å². The molecule has 1 aromatic heterocycles. The van der Waals surface area contributed by atoms with Gasteiger partial charge in [-0.15, -0.1) is 11.3 Å². The van der Waals surface area contributed by atoms with Crippen LogP contribution in [0.25, 0.3) is 0 Å². The highest BCUT2D eigenvalue weighted by molar-refractivity contribution is 7.10. The third-order valence-corrected chi connectivity index (χ3v) is 5.57. The van der Waals surface area contributed by atoms with Crippen molar-refractivity contribution in [1.82, 2.24) is 9.80 Å². The van der Waals surface area contributed by atoms with E-state index >= 15 is 0 Å². The molecular weight excluding hydrogens is 284 g/mol. The Balaban J connectivity index is 1.67. The molecule has 0 aromatic carbocycles. The van der Waals surface area contributed by atoms with Crippen LogP contribution in [0.1, 0.15) is 43.5 Å². The number of nitrogens with zero attached hydrogens (tertiary/aromatic N) is 2. The monoisotopic (exact) mass is 306 g/mol. The zero-order valence-electron chi connectivity index (χ0n) is 12.5. The molecular formula is C16H22N2O2S. The minimum absolute atomic E-state index is 0.000984. The summed E-state index contributed by atoms with van der Waals surface area (Å²) in [6, 6.07) is 4.44. The van der Waals surface area contributed by atoms with Crippen LogP contribution in [0.3, 0.4) is 0 Å². The molecule has 2 atom stereocenters. The molecule has 2 fully saturated rings. The quantitative estimate of drug-likeness (QED) is 0.861. The highest BCUT2D eigenvalue weighted by atomic mass is 32.1. The van der Waals surface area contributed by atoms with Crippen molar-refractivity contribution in [2.75, 3.05) is 19.6 Å². The Labute approximate surface area is 129 Å². The van der Waals surface area contributed by atoms with Gasteiger partial charge in [-0.3, -0.25) is 9.59 Å². The van der Waals surface area contributed by atoms with Gasteiger partial charge >= 0.3 is 0 Å². The van der Waals surface area contributed by atoms with Crippen LogP contribution in [-0.4, -0.2) is 41.2 Å². The fourth-order valence-electron chi connectivity index (χ4n) is 3.45. The summed E-state index contributed by atoms with van der Waals surface area (Å²) in [7, 11) is 0. The van der Waals surface area contributed by atoms with Gasteiger partial charge in [-0.1, -0.05) is 13.0 Å². The summed E-state index contributed by atoms with van der Waals surface area (Å²) in [5.41, 5.74) is 0. The molecule has 2 amide bonds. The van der Waals surface area contributed by atoms with Gasteiger partial charge in [0.1, 0.15) is 0 Å². The molecule has 0 bridgehead atoms. The Morgan fingerprint density at radius 3 is 2.90 bits per heavy atom. The van der Waals surface area contributed by atoms with Crippen LogP contribution in [0, 0.1) is 5.92 Å².